The minimum atomic E-state index is -0.524. The van der Waals surface area contributed by atoms with E-state index in [-0.39, 0.29) is 28.0 Å². The lowest BCUT2D eigenvalue weighted by Crippen LogP contribution is -2.55. The predicted octanol–water partition coefficient (Wildman–Crippen LogP) is -0.894. The van der Waals surface area contributed by atoms with Crippen molar-refractivity contribution in [3.63, 3.8) is 0 Å². The van der Waals surface area contributed by atoms with E-state index in [0.717, 1.165) is 25.9 Å². The second-order valence-electron chi connectivity index (χ2n) is 5.41. The summed E-state index contributed by atoms with van der Waals surface area (Å²) in [6.45, 7) is 2.49. The monoisotopic (exact) mass is 324 g/mol. The average molecular weight is 325 g/mol. The second kappa shape index (κ2) is 5.58. The van der Waals surface area contributed by atoms with Crippen molar-refractivity contribution in [2.75, 3.05) is 31.1 Å². The van der Waals surface area contributed by atoms with E-state index >= 15 is 0 Å². The van der Waals surface area contributed by atoms with Gasteiger partial charge in [-0.15, -0.1) is 0 Å². The topological polar surface area (TPSA) is 143 Å². The van der Waals surface area contributed by atoms with Crippen LogP contribution in [0.4, 0.5) is 11.6 Å². The summed E-state index contributed by atoms with van der Waals surface area (Å²) < 4.78 is 0. The van der Waals surface area contributed by atoms with Crippen LogP contribution in [-0.2, 0) is 0 Å². The van der Waals surface area contributed by atoms with Crippen LogP contribution >= 0.6 is 11.6 Å². The third kappa shape index (κ3) is 2.77. The van der Waals surface area contributed by atoms with Crippen molar-refractivity contribution in [1.29, 1.82) is 0 Å². The Kier molecular flexibility index (Phi) is 3.75. The summed E-state index contributed by atoms with van der Waals surface area (Å²) >= 11 is 5.78. The Morgan fingerprint density at radius 1 is 1.23 bits per heavy atom. The fourth-order valence-corrected chi connectivity index (χ4v) is 2.72. The van der Waals surface area contributed by atoms with Gasteiger partial charge in [-0.05, 0) is 25.9 Å². The fourth-order valence-electron chi connectivity index (χ4n) is 2.60. The maximum Gasteiger partial charge on any atom is 0.280 e. The Morgan fingerprint density at radius 3 is 2.68 bits per heavy atom. The molecule has 1 aromatic rings. The number of aliphatic imine (C=N–C) groups is 1. The number of hydrogen-bond donors (Lipinski definition) is 5. The number of nitrogens with one attached hydrogen (secondary N) is 3. The summed E-state index contributed by atoms with van der Waals surface area (Å²) in [5, 5.41) is 9.17. The molecule has 0 radical (unpaired) electrons. The zero-order chi connectivity index (χ0) is 15.7. The number of hydrogen-bond acceptors (Lipinski definition) is 8. The van der Waals surface area contributed by atoms with Crippen molar-refractivity contribution < 1.29 is 4.79 Å². The van der Waals surface area contributed by atoms with Gasteiger partial charge in [-0.3, -0.25) is 15.1 Å². The summed E-state index contributed by atoms with van der Waals surface area (Å²) in [4.78, 5) is 24.2. The Morgan fingerprint density at radius 2 is 1.95 bits per heavy atom. The van der Waals surface area contributed by atoms with Gasteiger partial charge in [0.15, 0.2) is 28.4 Å². The van der Waals surface area contributed by atoms with Crippen molar-refractivity contribution >= 4 is 35.1 Å². The molecule has 1 amide bonds. The van der Waals surface area contributed by atoms with E-state index in [2.05, 4.69) is 30.9 Å². The highest BCUT2D eigenvalue weighted by Gasteiger charge is 2.37. The third-order valence-corrected chi connectivity index (χ3v) is 4.11. The lowest BCUT2D eigenvalue weighted by molar-refractivity contribution is 0.0971. The van der Waals surface area contributed by atoms with E-state index in [1.807, 2.05) is 0 Å². The first kappa shape index (κ1) is 14.8. The van der Waals surface area contributed by atoms with Gasteiger partial charge in [0.05, 0.1) is 12.1 Å². The van der Waals surface area contributed by atoms with Gasteiger partial charge in [0, 0.05) is 0 Å². The maximum atomic E-state index is 12.2. The van der Waals surface area contributed by atoms with Crippen LogP contribution in [0.5, 0.6) is 0 Å². The number of amides is 1. The van der Waals surface area contributed by atoms with Crippen LogP contribution in [0.3, 0.4) is 0 Å². The molecule has 2 aliphatic rings. The normalized spacial score (nSPS) is 19.6. The summed E-state index contributed by atoms with van der Waals surface area (Å²) in [5.74, 6) is -0.194. The zero-order valence-corrected chi connectivity index (χ0v) is 12.6. The molecule has 1 spiro atoms. The van der Waals surface area contributed by atoms with Gasteiger partial charge in [0.2, 0.25) is 0 Å². The van der Waals surface area contributed by atoms with Crippen LogP contribution in [0, 0.1) is 0 Å². The van der Waals surface area contributed by atoms with E-state index in [0.29, 0.717) is 12.5 Å². The van der Waals surface area contributed by atoms with Crippen molar-refractivity contribution in [3.8, 4) is 0 Å². The lowest BCUT2D eigenvalue weighted by Gasteiger charge is -2.33. The SMILES string of the molecule is Nc1nc(N)c(C(=O)NC2=NCC3(CCNCC3)N2)nc1Cl. The molecule has 22 heavy (non-hydrogen) atoms. The number of rotatable bonds is 1. The highest BCUT2D eigenvalue weighted by Crippen LogP contribution is 2.22. The highest BCUT2D eigenvalue weighted by atomic mass is 35.5. The molecule has 2 aliphatic heterocycles. The number of nitrogens with two attached hydrogens (primary N) is 2. The minimum Gasteiger partial charge on any atom is -0.382 e. The smallest absolute Gasteiger partial charge is 0.280 e. The van der Waals surface area contributed by atoms with Crippen LogP contribution in [-0.4, -0.2) is 47.0 Å². The van der Waals surface area contributed by atoms with E-state index in [4.69, 9.17) is 23.1 Å². The lowest BCUT2D eigenvalue weighted by atomic mass is 9.89. The molecule has 0 atom stereocenters. The van der Waals surface area contributed by atoms with Crippen LogP contribution < -0.4 is 27.4 Å². The van der Waals surface area contributed by atoms with Crippen LogP contribution in [0.2, 0.25) is 5.15 Å². The Bertz CT molecular complexity index is 640. The minimum absolute atomic E-state index is 0.0132. The molecule has 1 aromatic heterocycles. The summed E-state index contributed by atoms with van der Waals surface area (Å²) in [6.07, 6.45) is 1.90. The van der Waals surface area contributed by atoms with Gasteiger partial charge in [-0.25, -0.2) is 9.97 Å². The molecule has 9 nitrogen and oxygen atoms in total. The van der Waals surface area contributed by atoms with Crippen molar-refractivity contribution in [1.82, 2.24) is 25.9 Å². The molecule has 10 heteroatoms. The van der Waals surface area contributed by atoms with Gasteiger partial charge < -0.3 is 22.1 Å². The fraction of sp³-hybridized carbons (Fsp3) is 0.500. The molecule has 0 aliphatic carbocycles. The highest BCUT2D eigenvalue weighted by molar-refractivity contribution is 6.31. The van der Waals surface area contributed by atoms with Crippen molar-refractivity contribution in [2.24, 2.45) is 4.99 Å². The zero-order valence-electron chi connectivity index (χ0n) is 11.8. The van der Waals surface area contributed by atoms with Crippen LogP contribution in [0.1, 0.15) is 23.3 Å². The summed E-state index contributed by atoms with van der Waals surface area (Å²) in [7, 11) is 0. The quantitative estimate of drug-likeness (QED) is 0.450. The second-order valence-corrected chi connectivity index (χ2v) is 5.77. The number of piperidine rings is 1. The van der Waals surface area contributed by atoms with E-state index in [1.54, 1.807) is 0 Å². The van der Waals surface area contributed by atoms with Gasteiger partial charge in [0.1, 0.15) is 0 Å². The molecule has 3 heterocycles. The average Bonchev–Trinajstić information content (AvgIpc) is 2.86. The molecule has 0 saturated carbocycles. The number of carbonyl (C=O) groups is 1. The molecule has 3 rings (SSSR count). The molecule has 118 valence electrons. The number of carbonyl (C=O) groups excluding carboxylic acids is 1. The third-order valence-electron chi connectivity index (χ3n) is 3.84. The molecule has 1 fully saturated rings. The number of aromatic nitrogens is 2. The Labute approximate surface area is 131 Å². The molecular weight excluding hydrogens is 308 g/mol. The maximum absolute atomic E-state index is 12.2. The Balaban J connectivity index is 1.69. The standard InChI is InChI=1S/C12H17ClN8O/c13-7-9(15)19-8(14)6(18-7)10(22)20-11-17-5-12(21-11)1-3-16-4-2-12/h16H,1-5H2,(H4,14,15,19)(H2,17,20,21,22). The number of guanidine groups is 1. The van der Waals surface area contributed by atoms with Gasteiger partial charge in [-0.2, -0.15) is 0 Å². The molecular formula is C12H17ClN8O. The van der Waals surface area contributed by atoms with Gasteiger partial charge >= 0.3 is 0 Å². The van der Waals surface area contributed by atoms with Crippen LogP contribution in [0.25, 0.3) is 0 Å². The predicted molar refractivity (Wildman–Crippen MR) is 83.6 cm³/mol. The number of halogens is 1. The van der Waals surface area contributed by atoms with E-state index in [1.165, 1.54) is 0 Å². The van der Waals surface area contributed by atoms with Crippen molar-refractivity contribution in [2.45, 2.75) is 18.4 Å². The number of anilines is 2. The number of nitrogen functional groups attached to an aromatic ring is 2. The summed E-state index contributed by atoms with van der Waals surface area (Å²) in [5.41, 5.74) is 11.0. The largest absolute Gasteiger partial charge is 0.382 e. The van der Waals surface area contributed by atoms with E-state index < -0.39 is 5.91 Å². The Hall–Kier alpha value is -2.13. The van der Waals surface area contributed by atoms with E-state index in [9.17, 15) is 4.79 Å². The summed E-state index contributed by atoms with van der Waals surface area (Å²) in [6, 6.07) is 0. The molecule has 0 bridgehead atoms. The molecule has 7 N–H and O–H groups in total. The van der Waals surface area contributed by atoms with Crippen molar-refractivity contribution in [3.05, 3.63) is 10.8 Å². The van der Waals surface area contributed by atoms with Gasteiger partial charge in [-0.1, -0.05) is 11.6 Å². The van der Waals surface area contributed by atoms with Crippen LogP contribution in [0.15, 0.2) is 4.99 Å². The molecule has 0 unspecified atom stereocenters. The number of nitrogens with zero attached hydrogens (tertiary/aromatic N) is 3. The molecule has 1 saturated heterocycles. The van der Waals surface area contributed by atoms with Gasteiger partial charge in [0.25, 0.3) is 5.91 Å². The first-order valence-corrected chi connectivity index (χ1v) is 7.30. The first-order chi connectivity index (χ1) is 10.5. The first-order valence-electron chi connectivity index (χ1n) is 6.92. The molecule has 0 aromatic carbocycles.